The number of nitrogens with one attached hydrogen (secondary N) is 2. The van der Waals surface area contributed by atoms with Crippen molar-refractivity contribution in [1.29, 1.82) is 0 Å². The van der Waals surface area contributed by atoms with E-state index in [1.165, 1.54) is 19.2 Å². The molecule has 0 saturated carbocycles. The first-order chi connectivity index (χ1) is 15.3. The molecule has 2 N–H and O–H groups in total. The summed E-state index contributed by atoms with van der Waals surface area (Å²) in [6.07, 6.45) is 2.78. The standard InChI is InChI=1S/C22H27Cl2N3O4S/c1-25-32(29,30)19-5-2-4-16(14-19)22(28)26-10-3-11-27-12-8-17(9-13-27)31-18-6-7-20(23)21(24)15-18/h2,4-7,14-15,17,25H,3,8-13H2,1H3,(H,26,28). The predicted molar refractivity (Wildman–Crippen MR) is 126 cm³/mol. The van der Waals surface area contributed by atoms with Gasteiger partial charge in [-0.15, -0.1) is 0 Å². The largest absolute Gasteiger partial charge is 0.490 e. The SMILES string of the molecule is CNS(=O)(=O)c1cccc(C(=O)NCCCN2CCC(Oc3ccc(Cl)c(Cl)c3)CC2)c1. The Bertz CT molecular complexity index is 1040. The molecule has 1 amide bonds. The molecule has 0 unspecified atom stereocenters. The van der Waals surface area contributed by atoms with E-state index < -0.39 is 10.0 Å². The zero-order chi connectivity index (χ0) is 23.1. The molecule has 1 heterocycles. The van der Waals surface area contributed by atoms with Crippen LogP contribution in [0.1, 0.15) is 29.6 Å². The van der Waals surface area contributed by atoms with E-state index in [1.807, 2.05) is 6.07 Å². The lowest BCUT2D eigenvalue weighted by Crippen LogP contribution is -2.39. The van der Waals surface area contributed by atoms with Crippen LogP contribution in [0.3, 0.4) is 0 Å². The summed E-state index contributed by atoms with van der Waals surface area (Å²) in [4.78, 5) is 14.8. The zero-order valence-electron chi connectivity index (χ0n) is 17.8. The Morgan fingerprint density at radius 2 is 1.88 bits per heavy atom. The van der Waals surface area contributed by atoms with Crippen LogP contribution in [0.25, 0.3) is 0 Å². The topological polar surface area (TPSA) is 87.7 Å². The van der Waals surface area contributed by atoms with Crippen molar-refractivity contribution >= 4 is 39.1 Å². The molecule has 0 bridgehead atoms. The Balaban J connectivity index is 1.37. The summed E-state index contributed by atoms with van der Waals surface area (Å²) in [6, 6.07) is 11.3. The van der Waals surface area contributed by atoms with E-state index in [1.54, 1.807) is 24.3 Å². The van der Waals surface area contributed by atoms with Gasteiger partial charge in [0.1, 0.15) is 11.9 Å². The molecule has 0 spiro atoms. The Morgan fingerprint density at radius 1 is 1.12 bits per heavy atom. The van der Waals surface area contributed by atoms with Crippen molar-refractivity contribution in [3.63, 3.8) is 0 Å². The first kappa shape index (κ1) is 24.8. The summed E-state index contributed by atoms with van der Waals surface area (Å²) in [7, 11) is -2.24. The highest BCUT2D eigenvalue weighted by Crippen LogP contribution is 2.28. The molecule has 3 rings (SSSR count). The van der Waals surface area contributed by atoms with E-state index in [9.17, 15) is 13.2 Å². The van der Waals surface area contributed by atoms with Crippen molar-refractivity contribution in [2.24, 2.45) is 0 Å². The van der Waals surface area contributed by atoms with Gasteiger partial charge in [0.15, 0.2) is 0 Å². The summed E-state index contributed by atoms with van der Waals surface area (Å²) in [5.41, 5.74) is 0.321. The number of piperidine rings is 1. The minimum Gasteiger partial charge on any atom is -0.490 e. The van der Waals surface area contributed by atoms with Crippen molar-refractivity contribution in [3.8, 4) is 5.75 Å². The van der Waals surface area contributed by atoms with Gasteiger partial charge in [-0.25, -0.2) is 13.1 Å². The molecular formula is C22H27Cl2N3O4S. The maximum Gasteiger partial charge on any atom is 0.251 e. The number of nitrogens with zero attached hydrogens (tertiary/aromatic N) is 1. The molecule has 1 aliphatic heterocycles. The Kier molecular flexibility index (Phi) is 8.79. The molecule has 32 heavy (non-hydrogen) atoms. The smallest absolute Gasteiger partial charge is 0.251 e. The minimum absolute atomic E-state index is 0.0682. The number of amides is 1. The Labute approximate surface area is 199 Å². The number of carbonyl (C=O) groups is 1. The van der Waals surface area contributed by atoms with Gasteiger partial charge in [0.25, 0.3) is 5.91 Å². The molecule has 174 valence electrons. The quantitative estimate of drug-likeness (QED) is 0.515. The first-order valence-electron chi connectivity index (χ1n) is 10.4. The summed E-state index contributed by atoms with van der Waals surface area (Å²) in [6.45, 7) is 3.23. The summed E-state index contributed by atoms with van der Waals surface area (Å²) < 4.78 is 32.1. The average molecular weight is 500 g/mol. The molecule has 0 radical (unpaired) electrons. The van der Waals surface area contributed by atoms with E-state index in [0.717, 1.165) is 44.6 Å². The second kappa shape index (κ2) is 11.3. The third-order valence-electron chi connectivity index (χ3n) is 5.34. The fourth-order valence-electron chi connectivity index (χ4n) is 3.52. The van der Waals surface area contributed by atoms with Gasteiger partial charge in [0, 0.05) is 31.3 Å². The monoisotopic (exact) mass is 499 g/mol. The molecule has 1 saturated heterocycles. The number of carbonyl (C=O) groups excluding carboxylic acids is 1. The highest BCUT2D eigenvalue weighted by molar-refractivity contribution is 7.89. The maximum atomic E-state index is 12.4. The fraction of sp³-hybridized carbons (Fsp3) is 0.409. The molecule has 10 heteroatoms. The minimum atomic E-state index is -3.58. The van der Waals surface area contributed by atoms with Crippen molar-refractivity contribution in [3.05, 3.63) is 58.1 Å². The molecule has 0 atom stereocenters. The van der Waals surface area contributed by atoms with Crippen molar-refractivity contribution in [1.82, 2.24) is 14.9 Å². The highest BCUT2D eigenvalue weighted by Gasteiger charge is 2.20. The average Bonchev–Trinajstić information content (AvgIpc) is 2.80. The number of sulfonamides is 1. The molecule has 1 fully saturated rings. The summed E-state index contributed by atoms with van der Waals surface area (Å²) in [5.74, 6) is 0.444. The number of ether oxygens (including phenoxy) is 1. The van der Waals surface area contributed by atoms with Gasteiger partial charge in [-0.2, -0.15) is 0 Å². The van der Waals surface area contributed by atoms with Gasteiger partial charge in [-0.1, -0.05) is 29.3 Å². The van der Waals surface area contributed by atoms with Gasteiger partial charge in [-0.05, 0) is 63.2 Å². The third kappa shape index (κ3) is 6.83. The Morgan fingerprint density at radius 3 is 2.56 bits per heavy atom. The lowest BCUT2D eigenvalue weighted by Gasteiger charge is -2.32. The van der Waals surface area contributed by atoms with Crippen molar-refractivity contribution in [2.45, 2.75) is 30.3 Å². The fourth-order valence-corrected chi connectivity index (χ4v) is 4.59. The normalized spacial score (nSPS) is 15.5. The van der Waals surface area contributed by atoms with E-state index in [0.29, 0.717) is 22.2 Å². The maximum absolute atomic E-state index is 12.4. The van der Waals surface area contributed by atoms with Crippen LogP contribution in [0.4, 0.5) is 0 Å². The number of benzene rings is 2. The number of hydrogen-bond acceptors (Lipinski definition) is 5. The molecule has 0 aromatic heterocycles. The van der Waals surface area contributed by atoms with Crippen LogP contribution in [0, 0.1) is 0 Å². The van der Waals surface area contributed by atoms with Crippen LogP contribution in [-0.4, -0.2) is 58.6 Å². The van der Waals surface area contributed by atoms with E-state index in [4.69, 9.17) is 27.9 Å². The van der Waals surface area contributed by atoms with Crippen molar-refractivity contribution < 1.29 is 17.9 Å². The van der Waals surface area contributed by atoms with Gasteiger partial charge in [-0.3, -0.25) is 4.79 Å². The van der Waals surface area contributed by atoms with Crippen LogP contribution >= 0.6 is 23.2 Å². The van der Waals surface area contributed by atoms with Crippen LogP contribution in [0.5, 0.6) is 5.75 Å². The number of halogens is 2. The number of likely N-dealkylation sites (tertiary alicyclic amines) is 1. The predicted octanol–water partition coefficient (Wildman–Crippen LogP) is 3.56. The molecular weight excluding hydrogens is 473 g/mol. The van der Waals surface area contributed by atoms with Gasteiger partial charge in [0.2, 0.25) is 10.0 Å². The lowest BCUT2D eigenvalue weighted by molar-refractivity contribution is 0.0935. The van der Waals surface area contributed by atoms with Crippen LogP contribution in [0.15, 0.2) is 47.4 Å². The zero-order valence-corrected chi connectivity index (χ0v) is 20.1. The van der Waals surface area contributed by atoms with E-state index in [2.05, 4.69) is 14.9 Å². The Hall–Kier alpha value is -1.84. The second-order valence-electron chi connectivity index (χ2n) is 7.58. The summed E-state index contributed by atoms with van der Waals surface area (Å²) >= 11 is 12.0. The van der Waals surface area contributed by atoms with Crippen LogP contribution in [-0.2, 0) is 10.0 Å². The van der Waals surface area contributed by atoms with E-state index in [-0.39, 0.29) is 16.9 Å². The summed E-state index contributed by atoms with van der Waals surface area (Å²) in [5, 5.41) is 3.85. The first-order valence-corrected chi connectivity index (χ1v) is 12.7. The molecule has 2 aromatic carbocycles. The molecule has 1 aliphatic rings. The molecule has 7 nitrogen and oxygen atoms in total. The third-order valence-corrected chi connectivity index (χ3v) is 7.49. The van der Waals surface area contributed by atoms with Crippen LogP contribution < -0.4 is 14.8 Å². The van der Waals surface area contributed by atoms with E-state index >= 15 is 0 Å². The van der Waals surface area contributed by atoms with Gasteiger partial charge in [0.05, 0.1) is 14.9 Å². The molecule has 2 aromatic rings. The lowest BCUT2D eigenvalue weighted by atomic mass is 10.1. The van der Waals surface area contributed by atoms with Crippen LogP contribution in [0.2, 0.25) is 10.0 Å². The number of hydrogen-bond donors (Lipinski definition) is 2. The van der Waals surface area contributed by atoms with Gasteiger partial charge < -0.3 is 15.0 Å². The molecule has 0 aliphatic carbocycles. The van der Waals surface area contributed by atoms with Gasteiger partial charge >= 0.3 is 0 Å². The number of rotatable bonds is 9. The highest BCUT2D eigenvalue weighted by atomic mass is 35.5. The second-order valence-corrected chi connectivity index (χ2v) is 10.3. The van der Waals surface area contributed by atoms with Crippen molar-refractivity contribution in [2.75, 3.05) is 33.2 Å².